The van der Waals surface area contributed by atoms with E-state index in [0.29, 0.717) is 0 Å². The summed E-state index contributed by atoms with van der Waals surface area (Å²) in [4.78, 5) is 11.2. The number of carbonyl (C=O) groups is 1. The summed E-state index contributed by atoms with van der Waals surface area (Å²) in [7, 11) is 0. The number of carbonyl (C=O) groups excluding carboxylic acids is 1. The number of hydrogen-bond acceptors (Lipinski definition) is 3. The molecule has 0 aliphatic carbocycles. The molecule has 0 aromatic carbocycles. The maximum absolute atomic E-state index is 11.7. The Morgan fingerprint density at radius 1 is 1.47 bits per heavy atom. The molecule has 0 fully saturated rings. The van der Waals surface area contributed by atoms with Gasteiger partial charge in [-0.25, -0.2) is 0 Å². The molecule has 0 aromatic heterocycles. The Bertz CT molecular complexity index is 284. The van der Waals surface area contributed by atoms with Crippen molar-refractivity contribution < 1.29 is 22.7 Å². The molecule has 4 nitrogen and oxygen atoms in total. The summed E-state index contributed by atoms with van der Waals surface area (Å²) in [5, 5.41) is 11.1. The van der Waals surface area contributed by atoms with Crippen molar-refractivity contribution in [2.45, 2.75) is 32.5 Å². The van der Waals surface area contributed by atoms with E-state index in [0.717, 1.165) is 0 Å². The van der Waals surface area contributed by atoms with Crippen molar-refractivity contribution in [3.05, 3.63) is 0 Å². The summed E-state index contributed by atoms with van der Waals surface area (Å²) >= 11 is 0. The molecule has 0 rings (SSSR count). The van der Waals surface area contributed by atoms with Crippen LogP contribution >= 0.6 is 0 Å². The number of rotatable bonds is 6. The SMILES string of the molecule is CC(C)C(C#N)NC(=O)CCOCC(F)(F)F. The summed E-state index contributed by atoms with van der Waals surface area (Å²) in [6.45, 7) is 1.83. The first-order valence-electron chi connectivity index (χ1n) is 5.09. The lowest BCUT2D eigenvalue weighted by atomic mass is 10.1. The van der Waals surface area contributed by atoms with Gasteiger partial charge in [0.2, 0.25) is 5.91 Å². The van der Waals surface area contributed by atoms with Gasteiger partial charge >= 0.3 is 6.18 Å². The number of amides is 1. The highest BCUT2D eigenvalue weighted by Crippen LogP contribution is 2.14. The molecule has 0 radical (unpaired) electrons. The van der Waals surface area contributed by atoms with Crippen molar-refractivity contribution >= 4 is 5.91 Å². The number of alkyl halides is 3. The number of halogens is 3. The highest BCUT2D eigenvalue weighted by Gasteiger charge is 2.27. The monoisotopic (exact) mass is 252 g/mol. The lowest BCUT2D eigenvalue weighted by molar-refractivity contribution is -0.174. The van der Waals surface area contributed by atoms with Crippen LogP contribution in [0.2, 0.25) is 0 Å². The molecule has 0 aromatic rings. The average Bonchev–Trinajstić information content (AvgIpc) is 2.19. The van der Waals surface area contributed by atoms with Crippen LogP contribution in [0.4, 0.5) is 13.2 Å². The average molecular weight is 252 g/mol. The highest BCUT2D eigenvalue weighted by atomic mass is 19.4. The van der Waals surface area contributed by atoms with Crippen molar-refractivity contribution in [2.75, 3.05) is 13.2 Å². The fraction of sp³-hybridized carbons (Fsp3) is 0.800. The maximum atomic E-state index is 11.7. The molecular formula is C10H15F3N2O2. The second kappa shape index (κ2) is 7.12. The molecule has 0 heterocycles. The number of hydrogen-bond donors (Lipinski definition) is 1. The summed E-state index contributed by atoms with van der Waals surface area (Å²) in [5.74, 6) is -0.549. The van der Waals surface area contributed by atoms with E-state index in [-0.39, 0.29) is 18.9 Å². The van der Waals surface area contributed by atoms with Gasteiger partial charge in [-0.2, -0.15) is 18.4 Å². The van der Waals surface area contributed by atoms with Crippen molar-refractivity contribution in [1.29, 1.82) is 5.26 Å². The summed E-state index contributed by atoms with van der Waals surface area (Å²) in [6, 6.07) is 1.26. The number of nitrogens with one attached hydrogen (secondary N) is 1. The minimum Gasteiger partial charge on any atom is -0.372 e. The van der Waals surface area contributed by atoms with E-state index in [4.69, 9.17) is 5.26 Å². The standard InChI is InChI=1S/C10H15F3N2O2/c1-7(2)8(5-14)15-9(16)3-4-17-6-10(11,12)13/h7-8H,3-4,6H2,1-2H3,(H,15,16). The van der Waals surface area contributed by atoms with Crippen LogP contribution in [0.5, 0.6) is 0 Å². The first-order chi connectivity index (χ1) is 7.76. The molecule has 1 N–H and O–H groups in total. The minimum atomic E-state index is -4.39. The molecule has 0 aliphatic rings. The van der Waals surface area contributed by atoms with Gasteiger partial charge in [0.05, 0.1) is 19.1 Å². The Balaban J connectivity index is 3.78. The smallest absolute Gasteiger partial charge is 0.372 e. The van der Waals surface area contributed by atoms with Gasteiger partial charge < -0.3 is 10.1 Å². The number of nitriles is 1. The lowest BCUT2D eigenvalue weighted by Crippen LogP contribution is -2.37. The minimum absolute atomic E-state index is 0.0555. The van der Waals surface area contributed by atoms with E-state index in [1.54, 1.807) is 13.8 Å². The van der Waals surface area contributed by atoms with Gasteiger partial charge in [0.1, 0.15) is 12.6 Å². The predicted molar refractivity (Wildman–Crippen MR) is 53.9 cm³/mol. The maximum Gasteiger partial charge on any atom is 0.411 e. The molecule has 0 aliphatic heterocycles. The van der Waals surface area contributed by atoms with Crippen LogP contribution in [0.15, 0.2) is 0 Å². The molecule has 0 spiro atoms. The van der Waals surface area contributed by atoms with Gasteiger partial charge in [0, 0.05) is 0 Å². The van der Waals surface area contributed by atoms with Crippen LogP contribution < -0.4 is 5.32 Å². The molecule has 17 heavy (non-hydrogen) atoms. The van der Waals surface area contributed by atoms with E-state index in [1.165, 1.54) is 0 Å². The predicted octanol–water partition coefficient (Wildman–Crippen LogP) is 1.62. The Labute approximate surface area is 97.7 Å². The van der Waals surface area contributed by atoms with E-state index < -0.39 is 24.7 Å². The molecule has 1 amide bonds. The molecule has 1 unspecified atom stereocenters. The molecule has 7 heteroatoms. The fourth-order valence-electron chi connectivity index (χ4n) is 0.946. The molecule has 0 saturated heterocycles. The van der Waals surface area contributed by atoms with Gasteiger partial charge in [0.15, 0.2) is 0 Å². The quantitative estimate of drug-likeness (QED) is 0.731. The molecule has 0 saturated carbocycles. The number of nitrogens with zero attached hydrogens (tertiary/aromatic N) is 1. The number of ether oxygens (including phenoxy) is 1. The van der Waals surface area contributed by atoms with Crippen LogP contribution in [0.25, 0.3) is 0 Å². The van der Waals surface area contributed by atoms with Gasteiger partial charge in [-0.15, -0.1) is 0 Å². The molecular weight excluding hydrogens is 237 g/mol. The first kappa shape index (κ1) is 15.7. The van der Waals surface area contributed by atoms with Crippen LogP contribution in [0.1, 0.15) is 20.3 Å². The zero-order valence-electron chi connectivity index (χ0n) is 9.67. The molecule has 1 atom stereocenters. The van der Waals surface area contributed by atoms with Gasteiger partial charge in [-0.1, -0.05) is 13.8 Å². The molecule has 0 bridgehead atoms. The van der Waals surface area contributed by atoms with Gasteiger partial charge in [0.25, 0.3) is 0 Å². The Kier molecular flexibility index (Phi) is 6.58. The Hall–Kier alpha value is -1.29. The van der Waals surface area contributed by atoms with Gasteiger partial charge in [-0.3, -0.25) is 4.79 Å². The van der Waals surface area contributed by atoms with Crippen molar-refractivity contribution in [3.63, 3.8) is 0 Å². The zero-order chi connectivity index (χ0) is 13.5. The van der Waals surface area contributed by atoms with Crippen molar-refractivity contribution in [1.82, 2.24) is 5.32 Å². The van der Waals surface area contributed by atoms with Crippen LogP contribution in [0, 0.1) is 17.2 Å². The molecule has 98 valence electrons. The second-order valence-corrected chi connectivity index (χ2v) is 3.84. The largest absolute Gasteiger partial charge is 0.411 e. The Morgan fingerprint density at radius 2 is 2.06 bits per heavy atom. The highest BCUT2D eigenvalue weighted by molar-refractivity contribution is 5.76. The fourth-order valence-corrected chi connectivity index (χ4v) is 0.946. The van der Waals surface area contributed by atoms with Crippen molar-refractivity contribution in [3.8, 4) is 6.07 Å². The van der Waals surface area contributed by atoms with Gasteiger partial charge in [-0.05, 0) is 5.92 Å². The van der Waals surface area contributed by atoms with E-state index in [9.17, 15) is 18.0 Å². The third kappa shape index (κ3) is 8.51. The zero-order valence-corrected chi connectivity index (χ0v) is 9.67. The first-order valence-corrected chi connectivity index (χ1v) is 5.09. The van der Waals surface area contributed by atoms with Crippen LogP contribution in [-0.4, -0.2) is 31.3 Å². The van der Waals surface area contributed by atoms with E-state index in [2.05, 4.69) is 10.1 Å². The van der Waals surface area contributed by atoms with E-state index in [1.807, 2.05) is 6.07 Å². The topological polar surface area (TPSA) is 62.1 Å². The summed E-state index contributed by atoms with van der Waals surface area (Å²) in [5.41, 5.74) is 0. The summed E-state index contributed by atoms with van der Waals surface area (Å²) < 4.78 is 39.3. The normalized spacial score (nSPS) is 13.2. The van der Waals surface area contributed by atoms with Crippen LogP contribution in [-0.2, 0) is 9.53 Å². The lowest BCUT2D eigenvalue weighted by Gasteiger charge is -2.14. The second-order valence-electron chi connectivity index (χ2n) is 3.84. The van der Waals surface area contributed by atoms with Crippen molar-refractivity contribution in [2.24, 2.45) is 5.92 Å². The third-order valence-corrected chi connectivity index (χ3v) is 1.86. The third-order valence-electron chi connectivity index (χ3n) is 1.86. The Morgan fingerprint density at radius 3 is 2.47 bits per heavy atom. The van der Waals surface area contributed by atoms with E-state index >= 15 is 0 Å². The van der Waals surface area contributed by atoms with Crippen LogP contribution in [0.3, 0.4) is 0 Å². The summed E-state index contributed by atoms with van der Waals surface area (Å²) in [6.07, 6.45) is -4.58.